The highest BCUT2D eigenvalue weighted by molar-refractivity contribution is 5.94. The molecule has 28 heavy (non-hydrogen) atoms. The van der Waals surface area contributed by atoms with Gasteiger partial charge in [-0.05, 0) is 37.7 Å². The number of likely N-dealkylation sites (N-methyl/N-ethyl adjacent to an activating group) is 1. The first-order valence-electron chi connectivity index (χ1n) is 9.79. The van der Waals surface area contributed by atoms with Crippen LogP contribution in [0.1, 0.15) is 23.7 Å². The third-order valence-corrected chi connectivity index (χ3v) is 5.20. The van der Waals surface area contributed by atoms with Crippen LogP contribution < -0.4 is 10.2 Å². The van der Waals surface area contributed by atoms with Gasteiger partial charge in [-0.25, -0.2) is 0 Å². The zero-order valence-corrected chi connectivity index (χ0v) is 16.9. The number of ether oxygens (including phenoxy) is 1. The highest BCUT2D eigenvalue weighted by Gasteiger charge is 2.16. The van der Waals surface area contributed by atoms with Crippen molar-refractivity contribution in [1.29, 1.82) is 0 Å². The van der Waals surface area contributed by atoms with E-state index in [0.29, 0.717) is 12.1 Å². The zero-order valence-electron chi connectivity index (χ0n) is 16.9. The number of amides is 1. The third-order valence-electron chi connectivity index (χ3n) is 5.20. The Balaban J connectivity index is 1.61. The standard InChI is InChI=1S/C21H29N5O2/c1-4-18(28-3)15-22-21(27)17-7-5-16(6-8-17)19-9-10-20(24-23-19)26-13-11-25(2)12-14-26/h5-10,18H,4,11-15H2,1-3H3,(H,22,27)/t18-/m1/s1. The fraction of sp³-hybridized carbons (Fsp3) is 0.476. The van der Waals surface area contributed by atoms with E-state index in [1.54, 1.807) is 7.11 Å². The van der Waals surface area contributed by atoms with E-state index in [1.165, 1.54) is 0 Å². The Hall–Kier alpha value is -2.51. The summed E-state index contributed by atoms with van der Waals surface area (Å²) in [6.07, 6.45) is 0.899. The molecule has 0 spiro atoms. The molecule has 1 saturated heterocycles. The maximum atomic E-state index is 12.3. The van der Waals surface area contributed by atoms with Crippen molar-refractivity contribution in [3.8, 4) is 11.3 Å². The maximum Gasteiger partial charge on any atom is 0.251 e. The van der Waals surface area contributed by atoms with Gasteiger partial charge in [0.1, 0.15) is 0 Å². The third kappa shape index (κ3) is 5.05. The summed E-state index contributed by atoms with van der Waals surface area (Å²) in [6, 6.07) is 11.4. The van der Waals surface area contributed by atoms with E-state index in [2.05, 4.69) is 32.4 Å². The second-order valence-electron chi connectivity index (χ2n) is 7.12. The first-order chi connectivity index (χ1) is 13.6. The van der Waals surface area contributed by atoms with Crippen molar-refractivity contribution in [3.63, 3.8) is 0 Å². The topological polar surface area (TPSA) is 70.6 Å². The van der Waals surface area contributed by atoms with Crippen LogP contribution in [0.5, 0.6) is 0 Å². The summed E-state index contributed by atoms with van der Waals surface area (Å²) in [7, 11) is 3.79. The second-order valence-corrected chi connectivity index (χ2v) is 7.12. The highest BCUT2D eigenvalue weighted by atomic mass is 16.5. The number of carbonyl (C=O) groups is 1. The molecule has 0 aliphatic carbocycles. The lowest BCUT2D eigenvalue weighted by Gasteiger charge is -2.32. The Bertz CT molecular complexity index is 751. The van der Waals surface area contributed by atoms with Gasteiger partial charge in [-0.1, -0.05) is 19.1 Å². The molecule has 0 radical (unpaired) electrons. The Morgan fingerprint density at radius 1 is 1.11 bits per heavy atom. The van der Waals surface area contributed by atoms with Gasteiger partial charge in [0.2, 0.25) is 0 Å². The van der Waals surface area contributed by atoms with E-state index in [0.717, 1.165) is 49.7 Å². The van der Waals surface area contributed by atoms with Crippen molar-refractivity contribution in [2.75, 3.05) is 51.8 Å². The normalized spacial score (nSPS) is 16.0. The van der Waals surface area contributed by atoms with E-state index in [-0.39, 0.29) is 12.0 Å². The molecule has 1 aliphatic rings. The van der Waals surface area contributed by atoms with Crippen LogP contribution in [0.2, 0.25) is 0 Å². The number of methoxy groups -OCH3 is 1. The molecule has 150 valence electrons. The number of nitrogens with one attached hydrogen (secondary N) is 1. The molecule has 1 N–H and O–H groups in total. The molecule has 2 aromatic rings. The quantitative estimate of drug-likeness (QED) is 0.789. The number of rotatable bonds is 7. The van der Waals surface area contributed by atoms with Crippen molar-refractivity contribution >= 4 is 11.7 Å². The molecule has 1 fully saturated rings. The summed E-state index contributed by atoms with van der Waals surface area (Å²) in [5.41, 5.74) is 2.37. The maximum absolute atomic E-state index is 12.3. The Labute approximate surface area is 166 Å². The van der Waals surface area contributed by atoms with E-state index in [9.17, 15) is 4.79 Å². The Kier molecular flexibility index (Phi) is 6.95. The second kappa shape index (κ2) is 9.61. The number of benzene rings is 1. The summed E-state index contributed by atoms with van der Waals surface area (Å²) in [6.45, 7) is 6.55. The molecule has 1 aromatic heterocycles. The summed E-state index contributed by atoms with van der Waals surface area (Å²) in [4.78, 5) is 16.8. The van der Waals surface area contributed by atoms with Gasteiger partial charge < -0.3 is 19.9 Å². The van der Waals surface area contributed by atoms with Crippen LogP contribution in [0, 0.1) is 0 Å². The van der Waals surface area contributed by atoms with Crippen LogP contribution in [0.15, 0.2) is 36.4 Å². The zero-order chi connectivity index (χ0) is 19.9. The minimum absolute atomic E-state index is 0.0392. The number of anilines is 1. The molecule has 1 aromatic carbocycles. The molecule has 1 amide bonds. The molecule has 0 unspecified atom stereocenters. The number of nitrogens with zero attached hydrogens (tertiary/aromatic N) is 4. The first kappa shape index (κ1) is 20.2. The van der Waals surface area contributed by atoms with Gasteiger partial charge in [0.15, 0.2) is 5.82 Å². The van der Waals surface area contributed by atoms with E-state index < -0.39 is 0 Å². The predicted molar refractivity (Wildman–Crippen MR) is 111 cm³/mol. The van der Waals surface area contributed by atoms with E-state index in [1.807, 2.05) is 43.3 Å². The number of aromatic nitrogens is 2. The largest absolute Gasteiger partial charge is 0.380 e. The van der Waals surface area contributed by atoms with Gasteiger partial charge in [-0.15, -0.1) is 10.2 Å². The number of hydrogen-bond acceptors (Lipinski definition) is 6. The van der Waals surface area contributed by atoms with Crippen molar-refractivity contribution < 1.29 is 9.53 Å². The number of hydrogen-bond donors (Lipinski definition) is 1. The molecule has 2 heterocycles. The molecule has 1 aliphatic heterocycles. The van der Waals surface area contributed by atoms with Crippen molar-refractivity contribution in [3.05, 3.63) is 42.0 Å². The van der Waals surface area contributed by atoms with Crippen LogP contribution in [0.4, 0.5) is 5.82 Å². The lowest BCUT2D eigenvalue weighted by Crippen LogP contribution is -2.44. The van der Waals surface area contributed by atoms with Gasteiger partial charge in [0.05, 0.1) is 11.8 Å². The van der Waals surface area contributed by atoms with Crippen molar-refractivity contribution in [2.24, 2.45) is 0 Å². The van der Waals surface area contributed by atoms with Gasteiger partial charge in [-0.2, -0.15) is 0 Å². The lowest BCUT2D eigenvalue weighted by atomic mass is 10.1. The Morgan fingerprint density at radius 2 is 1.82 bits per heavy atom. The number of carbonyl (C=O) groups excluding carboxylic acids is 1. The van der Waals surface area contributed by atoms with Crippen LogP contribution >= 0.6 is 0 Å². The first-order valence-corrected chi connectivity index (χ1v) is 9.79. The lowest BCUT2D eigenvalue weighted by molar-refractivity contribution is 0.0815. The van der Waals surface area contributed by atoms with Crippen molar-refractivity contribution in [1.82, 2.24) is 20.4 Å². The summed E-state index contributed by atoms with van der Waals surface area (Å²) in [5.74, 6) is 0.815. The van der Waals surface area contributed by atoms with Gasteiger partial charge in [0.25, 0.3) is 5.91 Å². The fourth-order valence-electron chi connectivity index (χ4n) is 3.18. The average Bonchev–Trinajstić information content (AvgIpc) is 2.75. The minimum Gasteiger partial charge on any atom is -0.380 e. The number of piperazine rings is 1. The van der Waals surface area contributed by atoms with Gasteiger partial charge >= 0.3 is 0 Å². The van der Waals surface area contributed by atoms with E-state index in [4.69, 9.17) is 4.74 Å². The minimum atomic E-state index is -0.0986. The van der Waals surface area contributed by atoms with Crippen LogP contribution in [0.25, 0.3) is 11.3 Å². The molecule has 3 rings (SSSR count). The van der Waals surface area contributed by atoms with Crippen LogP contribution in [-0.4, -0.2) is 74.0 Å². The monoisotopic (exact) mass is 383 g/mol. The Morgan fingerprint density at radius 3 is 2.39 bits per heavy atom. The van der Waals surface area contributed by atoms with Crippen molar-refractivity contribution in [2.45, 2.75) is 19.4 Å². The summed E-state index contributed by atoms with van der Waals surface area (Å²) < 4.78 is 5.29. The molecule has 7 nitrogen and oxygen atoms in total. The van der Waals surface area contributed by atoms with Crippen LogP contribution in [0.3, 0.4) is 0 Å². The summed E-state index contributed by atoms with van der Waals surface area (Å²) in [5, 5.41) is 11.7. The van der Waals surface area contributed by atoms with Gasteiger partial charge in [0, 0.05) is 51.0 Å². The van der Waals surface area contributed by atoms with Gasteiger partial charge in [-0.3, -0.25) is 4.79 Å². The fourth-order valence-corrected chi connectivity index (χ4v) is 3.18. The SMILES string of the molecule is CC[C@H](CNC(=O)c1ccc(-c2ccc(N3CCN(C)CC3)nn2)cc1)OC. The summed E-state index contributed by atoms with van der Waals surface area (Å²) >= 11 is 0. The average molecular weight is 383 g/mol. The smallest absolute Gasteiger partial charge is 0.251 e. The van der Waals surface area contributed by atoms with E-state index >= 15 is 0 Å². The molecule has 0 saturated carbocycles. The molecule has 1 atom stereocenters. The molecule has 7 heteroatoms. The molecular weight excluding hydrogens is 354 g/mol. The molecular formula is C21H29N5O2. The van der Waals surface area contributed by atoms with Crippen LogP contribution in [-0.2, 0) is 4.74 Å². The predicted octanol–water partition coefficient (Wildman–Crippen LogP) is 2.05. The highest BCUT2D eigenvalue weighted by Crippen LogP contribution is 2.20. The molecule has 0 bridgehead atoms.